The fourth-order valence-corrected chi connectivity index (χ4v) is 3.12. The zero-order valence-electron chi connectivity index (χ0n) is 18.1. The van der Waals surface area contributed by atoms with Crippen LogP contribution in [0.4, 0.5) is 0 Å². The van der Waals surface area contributed by atoms with E-state index in [1.54, 1.807) is 30.3 Å². The number of carbonyl (C=O) groups is 1. The highest BCUT2D eigenvalue weighted by Crippen LogP contribution is 2.29. The molecule has 3 aromatic carbocycles. The number of carbonyl (C=O) groups excluding carboxylic acids is 1. The van der Waals surface area contributed by atoms with Crippen molar-refractivity contribution < 1.29 is 14.3 Å². The summed E-state index contributed by atoms with van der Waals surface area (Å²) in [5, 5.41) is 13.3. The number of hydrogen-bond acceptors (Lipinski definition) is 5. The predicted octanol–water partition coefficient (Wildman–Crippen LogP) is 4.73. The van der Waals surface area contributed by atoms with E-state index in [1.165, 1.54) is 11.8 Å². The monoisotopic (exact) mass is 427 g/mol. The van der Waals surface area contributed by atoms with Gasteiger partial charge in [-0.25, -0.2) is 5.43 Å². The number of amides is 1. The van der Waals surface area contributed by atoms with Crippen molar-refractivity contribution in [2.45, 2.75) is 26.4 Å². The molecule has 6 heteroatoms. The summed E-state index contributed by atoms with van der Waals surface area (Å²) in [6.45, 7) is 4.86. The molecule has 0 fully saturated rings. The van der Waals surface area contributed by atoms with E-state index in [1.807, 2.05) is 56.3 Å². The number of nitrogens with zero attached hydrogens (tertiary/aromatic N) is 2. The molecule has 0 spiro atoms. The number of hydrogen-bond donors (Lipinski definition) is 1. The van der Waals surface area contributed by atoms with E-state index in [0.717, 1.165) is 11.1 Å². The number of nitriles is 1. The van der Waals surface area contributed by atoms with Gasteiger partial charge >= 0.3 is 0 Å². The van der Waals surface area contributed by atoms with Gasteiger partial charge in [-0.3, -0.25) is 4.79 Å². The molecule has 1 atom stereocenters. The van der Waals surface area contributed by atoms with Crippen LogP contribution in [0.3, 0.4) is 0 Å². The SMILES string of the molecule is CCOc1cc(/C=N\NC(=O)[C@@H](C#N)c2ccccc2)ccc1OCc1cccc(C)c1. The summed E-state index contributed by atoms with van der Waals surface area (Å²) in [6, 6.07) is 24.4. The van der Waals surface area contributed by atoms with Crippen molar-refractivity contribution in [2.24, 2.45) is 5.10 Å². The third-order valence-electron chi connectivity index (χ3n) is 4.66. The molecule has 0 radical (unpaired) electrons. The molecule has 1 amide bonds. The highest BCUT2D eigenvalue weighted by molar-refractivity contribution is 5.88. The summed E-state index contributed by atoms with van der Waals surface area (Å²) in [6.07, 6.45) is 1.50. The van der Waals surface area contributed by atoms with Crippen molar-refractivity contribution in [1.82, 2.24) is 5.43 Å². The molecule has 0 heterocycles. The van der Waals surface area contributed by atoms with Crippen molar-refractivity contribution in [2.75, 3.05) is 6.61 Å². The van der Waals surface area contributed by atoms with Gasteiger partial charge in [-0.2, -0.15) is 10.4 Å². The fourth-order valence-electron chi connectivity index (χ4n) is 3.12. The fraction of sp³-hybridized carbons (Fsp3) is 0.192. The number of benzene rings is 3. The molecule has 0 saturated heterocycles. The first-order chi connectivity index (χ1) is 15.6. The third kappa shape index (κ3) is 6.19. The zero-order valence-corrected chi connectivity index (χ0v) is 18.1. The number of rotatable bonds is 9. The Balaban J connectivity index is 1.66. The van der Waals surface area contributed by atoms with Crippen LogP contribution in [0.15, 0.2) is 77.9 Å². The molecule has 32 heavy (non-hydrogen) atoms. The minimum absolute atomic E-state index is 0.431. The van der Waals surface area contributed by atoms with E-state index in [2.05, 4.69) is 16.6 Å². The maximum absolute atomic E-state index is 12.3. The predicted molar refractivity (Wildman–Crippen MR) is 124 cm³/mol. The lowest BCUT2D eigenvalue weighted by Crippen LogP contribution is -2.24. The van der Waals surface area contributed by atoms with Gasteiger partial charge in [-0.15, -0.1) is 0 Å². The highest BCUT2D eigenvalue weighted by Gasteiger charge is 2.19. The molecule has 0 aromatic heterocycles. The minimum atomic E-state index is -0.926. The van der Waals surface area contributed by atoms with Crippen molar-refractivity contribution in [1.29, 1.82) is 5.26 Å². The lowest BCUT2D eigenvalue weighted by atomic mass is 10.0. The van der Waals surface area contributed by atoms with Crippen molar-refractivity contribution >= 4 is 12.1 Å². The van der Waals surface area contributed by atoms with Crippen LogP contribution in [0.5, 0.6) is 11.5 Å². The Kier molecular flexibility index (Phi) is 7.99. The molecule has 0 aliphatic rings. The average Bonchev–Trinajstić information content (AvgIpc) is 2.80. The lowest BCUT2D eigenvalue weighted by molar-refractivity contribution is -0.121. The van der Waals surface area contributed by atoms with E-state index >= 15 is 0 Å². The molecule has 3 rings (SSSR count). The summed E-state index contributed by atoms with van der Waals surface area (Å²) < 4.78 is 11.7. The van der Waals surface area contributed by atoms with Crippen LogP contribution in [0.1, 0.15) is 35.1 Å². The van der Waals surface area contributed by atoms with Gasteiger partial charge in [0.15, 0.2) is 17.4 Å². The molecule has 6 nitrogen and oxygen atoms in total. The van der Waals surface area contributed by atoms with Crippen LogP contribution in [-0.2, 0) is 11.4 Å². The van der Waals surface area contributed by atoms with Gasteiger partial charge in [-0.05, 0) is 48.7 Å². The smallest absolute Gasteiger partial charge is 0.261 e. The van der Waals surface area contributed by atoms with Crippen molar-refractivity contribution in [3.63, 3.8) is 0 Å². The second-order valence-corrected chi connectivity index (χ2v) is 7.12. The first-order valence-corrected chi connectivity index (χ1v) is 10.3. The number of hydrazone groups is 1. The molecule has 0 saturated carbocycles. The second-order valence-electron chi connectivity index (χ2n) is 7.12. The van der Waals surface area contributed by atoms with E-state index < -0.39 is 11.8 Å². The van der Waals surface area contributed by atoms with Crippen molar-refractivity contribution in [3.05, 3.63) is 95.1 Å². The molecule has 0 aliphatic carbocycles. The molecule has 3 aromatic rings. The Hall–Kier alpha value is -4.11. The standard InChI is InChI=1S/C26H25N3O3/c1-3-31-25-15-20(12-13-24(25)32-18-21-9-7-8-19(2)14-21)17-28-29-26(30)23(16-27)22-10-5-4-6-11-22/h4-15,17,23H,3,18H2,1-2H3,(H,29,30)/b28-17-/t23-/m0/s1. The summed E-state index contributed by atoms with van der Waals surface area (Å²) in [7, 11) is 0. The summed E-state index contributed by atoms with van der Waals surface area (Å²) in [4.78, 5) is 12.3. The Bertz CT molecular complexity index is 1120. The summed E-state index contributed by atoms with van der Waals surface area (Å²) in [5.74, 6) is -0.194. The Labute approximate surface area is 188 Å². The normalized spacial score (nSPS) is 11.5. The number of ether oxygens (including phenoxy) is 2. The molecule has 0 unspecified atom stereocenters. The summed E-state index contributed by atoms with van der Waals surface area (Å²) in [5.41, 5.74) is 6.03. The molecule has 162 valence electrons. The van der Waals surface area contributed by atoms with Gasteiger partial charge in [0.1, 0.15) is 6.61 Å². The van der Waals surface area contributed by atoms with Gasteiger partial charge in [-0.1, -0.05) is 60.2 Å². The number of nitrogens with one attached hydrogen (secondary N) is 1. The largest absolute Gasteiger partial charge is 0.490 e. The van der Waals surface area contributed by atoms with Crippen LogP contribution in [-0.4, -0.2) is 18.7 Å². The van der Waals surface area contributed by atoms with Crippen LogP contribution in [0, 0.1) is 18.3 Å². The maximum atomic E-state index is 12.3. The zero-order chi connectivity index (χ0) is 22.8. The second kappa shape index (κ2) is 11.3. The van der Waals surface area contributed by atoms with E-state index in [4.69, 9.17) is 9.47 Å². The van der Waals surface area contributed by atoms with E-state index in [0.29, 0.717) is 30.3 Å². The summed E-state index contributed by atoms with van der Waals surface area (Å²) >= 11 is 0. The van der Waals surface area contributed by atoms with E-state index in [-0.39, 0.29) is 0 Å². The Morgan fingerprint density at radius 3 is 2.59 bits per heavy atom. The van der Waals surface area contributed by atoms with Gasteiger partial charge in [0.2, 0.25) is 0 Å². The Morgan fingerprint density at radius 1 is 1.06 bits per heavy atom. The quantitative estimate of drug-likeness (QED) is 0.395. The van der Waals surface area contributed by atoms with E-state index in [9.17, 15) is 10.1 Å². The Morgan fingerprint density at radius 2 is 1.88 bits per heavy atom. The highest BCUT2D eigenvalue weighted by atomic mass is 16.5. The van der Waals surface area contributed by atoms with Crippen LogP contribution in [0.2, 0.25) is 0 Å². The van der Waals surface area contributed by atoms with Gasteiger partial charge < -0.3 is 9.47 Å². The molecular weight excluding hydrogens is 402 g/mol. The maximum Gasteiger partial charge on any atom is 0.261 e. The third-order valence-corrected chi connectivity index (χ3v) is 4.66. The van der Waals surface area contributed by atoms with Crippen LogP contribution >= 0.6 is 0 Å². The molecular formula is C26H25N3O3. The van der Waals surface area contributed by atoms with Gasteiger partial charge in [0.25, 0.3) is 5.91 Å². The molecule has 0 aliphatic heterocycles. The average molecular weight is 428 g/mol. The minimum Gasteiger partial charge on any atom is -0.490 e. The number of aryl methyl sites for hydroxylation is 1. The van der Waals surface area contributed by atoms with Crippen molar-refractivity contribution in [3.8, 4) is 17.6 Å². The molecule has 1 N–H and O–H groups in total. The van der Waals surface area contributed by atoms with Crippen LogP contribution in [0.25, 0.3) is 0 Å². The topological polar surface area (TPSA) is 83.7 Å². The molecule has 0 bridgehead atoms. The van der Waals surface area contributed by atoms with Gasteiger partial charge in [0.05, 0.1) is 18.9 Å². The first-order valence-electron chi connectivity index (χ1n) is 10.3. The lowest BCUT2D eigenvalue weighted by Gasteiger charge is -2.13. The van der Waals surface area contributed by atoms with Gasteiger partial charge in [0, 0.05) is 0 Å². The van der Waals surface area contributed by atoms with Crippen LogP contribution < -0.4 is 14.9 Å². The first kappa shape index (κ1) is 22.6.